The molecule has 2 heterocycles. The van der Waals surface area contributed by atoms with Crippen LogP contribution < -0.4 is 10.9 Å². The molecule has 8 heteroatoms. The number of nitrogens with zero attached hydrogens (tertiary/aromatic N) is 3. The van der Waals surface area contributed by atoms with E-state index in [0.29, 0.717) is 41.0 Å². The molecule has 0 saturated carbocycles. The smallest absolute Gasteiger partial charge is 0.258 e. The third-order valence-corrected chi connectivity index (χ3v) is 5.36. The first-order chi connectivity index (χ1) is 15.0. The van der Waals surface area contributed by atoms with Crippen molar-refractivity contribution in [2.24, 2.45) is 7.05 Å². The van der Waals surface area contributed by atoms with E-state index in [9.17, 15) is 9.59 Å². The van der Waals surface area contributed by atoms with Crippen molar-refractivity contribution < 1.29 is 4.79 Å². The van der Waals surface area contributed by atoms with Crippen molar-refractivity contribution in [1.29, 1.82) is 0 Å². The Labute approximate surface area is 184 Å². The van der Waals surface area contributed by atoms with Crippen LogP contribution in [0.5, 0.6) is 0 Å². The molecule has 158 valence electrons. The molecular weight excluding hydrogens is 414 g/mol. The van der Waals surface area contributed by atoms with Gasteiger partial charge in [0.15, 0.2) is 0 Å². The maximum absolute atomic E-state index is 12.7. The first kappa shape index (κ1) is 20.8. The molecule has 0 saturated heterocycles. The number of hydrogen-bond acceptors (Lipinski definition) is 4. The van der Waals surface area contributed by atoms with Gasteiger partial charge >= 0.3 is 0 Å². The van der Waals surface area contributed by atoms with E-state index < -0.39 is 0 Å². The number of para-hydroxylation sites is 1. The fourth-order valence-corrected chi connectivity index (χ4v) is 3.64. The minimum atomic E-state index is -0.386. The number of nitrogens with one attached hydrogen (secondary N) is 2. The van der Waals surface area contributed by atoms with Crippen LogP contribution in [0.4, 0.5) is 0 Å². The summed E-state index contributed by atoms with van der Waals surface area (Å²) in [6.45, 7) is 0. The number of H-pyrrole nitrogens is 1. The third-order valence-electron chi connectivity index (χ3n) is 5.10. The van der Waals surface area contributed by atoms with Gasteiger partial charge in [-0.1, -0.05) is 35.9 Å². The third kappa shape index (κ3) is 4.83. The van der Waals surface area contributed by atoms with Crippen LogP contribution in [0.25, 0.3) is 10.9 Å². The molecule has 0 aliphatic heterocycles. The van der Waals surface area contributed by atoms with Gasteiger partial charge in [0.25, 0.3) is 5.56 Å². The lowest BCUT2D eigenvalue weighted by Gasteiger charge is -2.19. The second-order valence-electron chi connectivity index (χ2n) is 7.33. The topological polar surface area (TPSA) is 92.7 Å². The number of aryl methyl sites for hydroxylation is 2. The molecule has 0 radical (unpaired) electrons. The SMILES string of the molecule is Cn1ccnc1C(NC(=O)CCCc1nc2ccccc2c(=O)[nH]1)c1ccc(Cl)cc1. The predicted octanol–water partition coefficient (Wildman–Crippen LogP) is 3.54. The predicted molar refractivity (Wildman–Crippen MR) is 120 cm³/mol. The van der Waals surface area contributed by atoms with Crippen molar-refractivity contribution in [2.75, 3.05) is 0 Å². The summed E-state index contributed by atoms with van der Waals surface area (Å²) in [5.74, 6) is 1.21. The van der Waals surface area contributed by atoms with Crippen molar-refractivity contribution in [2.45, 2.75) is 25.3 Å². The average Bonchev–Trinajstić information content (AvgIpc) is 3.18. The number of aromatic nitrogens is 4. The van der Waals surface area contributed by atoms with Gasteiger partial charge in [-0.2, -0.15) is 0 Å². The van der Waals surface area contributed by atoms with Gasteiger partial charge < -0.3 is 14.9 Å². The lowest BCUT2D eigenvalue weighted by molar-refractivity contribution is -0.121. The monoisotopic (exact) mass is 435 g/mol. The summed E-state index contributed by atoms with van der Waals surface area (Å²) in [5.41, 5.74) is 1.39. The van der Waals surface area contributed by atoms with E-state index in [4.69, 9.17) is 11.6 Å². The zero-order valence-electron chi connectivity index (χ0n) is 17.0. The normalized spacial score (nSPS) is 12.1. The second-order valence-corrected chi connectivity index (χ2v) is 7.77. The van der Waals surface area contributed by atoms with E-state index in [1.54, 1.807) is 24.4 Å². The standard InChI is InChI=1S/C23H22ClN5O2/c1-29-14-13-25-22(29)21(15-9-11-16(24)12-10-15)28-20(30)8-4-7-19-26-18-6-3-2-5-17(18)23(31)27-19/h2-3,5-6,9-14,21H,4,7-8H2,1H3,(H,28,30)(H,26,27,31). The van der Waals surface area contributed by atoms with Crippen LogP contribution in [0, 0.1) is 0 Å². The van der Waals surface area contributed by atoms with Crippen molar-refractivity contribution in [3.05, 3.63) is 93.5 Å². The molecule has 0 aliphatic carbocycles. The Bertz CT molecular complexity index is 1260. The molecule has 1 atom stereocenters. The number of fused-ring (bicyclic) bond motifs is 1. The number of rotatable bonds is 7. The molecule has 2 N–H and O–H groups in total. The Balaban J connectivity index is 1.43. The van der Waals surface area contributed by atoms with Gasteiger partial charge in [-0.3, -0.25) is 9.59 Å². The quantitative estimate of drug-likeness (QED) is 0.464. The number of imidazole rings is 1. The van der Waals surface area contributed by atoms with E-state index >= 15 is 0 Å². The Morgan fingerprint density at radius 1 is 1.19 bits per heavy atom. The zero-order chi connectivity index (χ0) is 21.8. The highest BCUT2D eigenvalue weighted by Gasteiger charge is 2.20. The van der Waals surface area contributed by atoms with Gasteiger partial charge in [0.05, 0.1) is 10.9 Å². The number of benzene rings is 2. The summed E-state index contributed by atoms with van der Waals surface area (Å²) in [6.07, 6.45) is 4.89. The summed E-state index contributed by atoms with van der Waals surface area (Å²) in [4.78, 5) is 36.6. The Morgan fingerprint density at radius 3 is 2.71 bits per heavy atom. The molecule has 0 fully saturated rings. The first-order valence-corrected chi connectivity index (χ1v) is 10.4. The van der Waals surface area contributed by atoms with E-state index in [-0.39, 0.29) is 17.5 Å². The summed E-state index contributed by atoms with van der Waals surface area (Å²) < 4.78 is 1.88. The molecule has 7 nitrogen and oxygen atoms in total. The number of amides is 1. The van der Waals surface area contributed by atoms with Crippen molar-refractivity contribution in [1.82, 2.24) is 24.8 Å². The molecule has 1 unspecified atom stereocenters. The highest BCUT2D eigenvalue weighted by atomic mass is 35.5. The maximum atomic E-state index is 12.7. The summed E-state index contributed by atoms with van der Waals surface area (Å²) >= 11 is 6.01. The summed E-state index contributed by atoms with van der Waals surface area (Å²) in [7, 11) is 1.89. The Morgan fingerprint density at radius 2 is 1.97 bits per heavy atom. The van der Waals surface area contributed by atoms with E-state index in [1.807, 2.05) is 48.1 Å². The van der Waals surface area contributed by atoms with Gasteiger partial charge in [-0.25, -0.2) is 9.97 Å². The molecule has 0 bridgehead atoms. The number of aromatic amines is 1. The first-order valence-electron chi connectivity index (χ1n) is 10.0. The van der Waals surface area contributed by atoms with E-state index in [2.05, 4.69) is 20.3 Å². The molecule has 0 spiro atoms. The van der Waals surface area contributed by atoms with E-state index in [0.717, 1.165) is 11.4 Å². The lowest BCUT2D eigenvalue weighted by atomic mass is 10.1. The molecule has 1 amide bonds. The molecule has 4 aromatic rings. The van der Waals surface area contributed by atoms with E-state index in [1.165, 1.54) is 0 Å². The summed E-state index contributed by atoms with van der Waals surface area (Å²) in [6, 6.07) is 14.2. The highest BCUT2D eigenvalue weighted by Crippen LogP contribution is 2.22. The lowest BCUT2D eigenvalue weighted by Crippen LogP contribution is -2.31. The van der Waals surface area contributed by atoms with Crippen LogP contribution >= 0.6 is 11.6 Å². The van der Waals surface area contributed by atoms with Gasteiger partial charge in [0, 0.05) is 37.3 Å². The van der Waals surface area contributed by atoms with Crippen LogP contribution in [0.2, 0.25) is 5.02 Å². The molecule has 0 aliphatic rings. The van der Waals surface area contributed by atoms with Gasteiger partial charge in [-0.05, 0) is 36.2 Å². The van der Waals surface area contributed by atoms with Crippen LogP contribution in [0.15, 0.2) is 65.7 Å². The highest BCUT2D eigenvalue weighted by molar-refractivity contribution is 6.30. The number of carbonyl (C=O) groups is 1. The molecular formula is C23H22ClN5O2. The van der Waals surface area contributed by atoms with Crippen LogP contribution in [0.1, 0.15) is 36.1 Å². The maximum Gasteiger partial charge on any atom is 0.258 e. The largest absolute Gasteiger partial charge is 0.342 e. The minimum Gasteiger partial charge on any atom is -0.342 e. The Kier molecular flexibility index (Phi) is 6.13. The van der Waals surface area contributed by atoms with Crippen LogP contribution in [-0.2, 0) is 18.3 Å². The molecule has 4 rings (SSSR count). The number of hydrogen-bond donors (Lipinski definition) is 2. The van der Waals surface area contributed by atoms with Gasteiger partial charge in [-0.15, -0.1) is 0 Å². The molecule has 31 heavy (non-hydrogen) atoms. The molecule has 2 aromatic heterocycles. The fraction of sp³-hybridized carbons (Fsp3) is 0.217. The average molecular weight is 436 g/mol. The molecule has 2 aromatic carbocycles. The zero-order valence-corrected chi connectivity index (χ0v) is 17.8. The van der Waals surface area contributed by atoms with Crippen molar-refractivity contribution in [3.63, 3.8) is 0 Å². The Hall–Kier alpha value is -3.45. The second kappa shape index (κ2) is 9.14. The number of halogens is 1. The van der Waals surface area contributed by atoms with Gasteiger partial charge in [0.2, 0.25) is 5.91 Å². The van der Waals surface area contributed by atoms with Gasteiger partial charge in [0.1, 0.15) is 17.7 Å². The van der Waals surface area contributed by atoms with Crippen LogP contribution in [0.3, 0.4) is 0 Å². The number of carbonyl (C=O) groups excluding carboxylic acids is 1. The van der Waals surface area contributed by atoms with Crippen LogP contribution in [-0.4, -0.2) is 25.4 Å². The minimum absolute atomic E-state index is 0.105. The fourth-order valence-electron chi connectivity index (χ4n) is 3.51. The van der Waals surface area contributed by atoms with Crippen molar-refractivity contribution in [3.8, 4) is 0 Å². The van der Waals surface area contributed by atoms with Crippen molar-refractivity contribution >= 4 is 28.4 Å². The summed E-state index contributed by atoms with van der Waals surface area (Å²) in [5, 5.41) is 4.26.